The number of nitrogens with zero attached hydrogens (tertiary/aromatic N) is 2. The normalized spacial score (nSPS) is 18.9. The van der Waals surface area contributed by atoms with Gasteiger partial charge in [0, 0.05) is 29.7 Å². The van der Waals surface area contributed by atoms with Crippen molar-refractivity contribution in [3.8, 4) is 11.4 Å². The molecular weight excluding hydrogens is 376 g/mol. The van der Waals surface area contributed by atoms with Gasteiger partial charge < -0.3 is 10.1 Å². The van der Waals surface area contributed by atoms with Gasteiger partial charge in [0.15, 0.2) is 11.5 Å². The van der Waals surface area contributed by atoms with E-state index in [4.69, 9.17) is 4.74 Å². The fraction of sp³-hybridized carbons (Fsp3) is 0.273. The topological polar surface area (TPSA) is 56.1 Å². The van der Waals surface area contributed by atoms with E-state index in [1.165, 1.54) is 16.8 Å². The molecule has 1 heterocycles. The van der Waals surface area contributed by atoms with Crippen LogP contribution in [0.5, 0.6) is 5.75 Å². The zero-order valence-electron chi connectivity index (χ0n) is 15.8. The van der Waals surface area contributed by atoms with E-state index >= 15 is 0 Å². The van der Waals surface area contributed by atoms with Gasteiger partial charge in [0.25, 0.3) is 5.91 Å². The van der Waals surface area contributed by atoms with Crippen LogP contribution in [0.1, 0.15) is 39.6 Å². The summed E-state index contributed by atoms with van der Waals surface area (Å²) in [5, 5.41) is 7.32. The first-order valence-electron chi connectivity index (χ1n) is 9.54. The Kier molecular flexibility index (Phi) is 4.12. The maximum Gasteiger partial charge on any atom is 0.272 e. The van der Waals surface area contributed by atoms with Crippen LogP contribution in [-0.4, -0.2) is 22.8 Å². The fourth-order valence-corrected chi connectivity index (χ4v) is 4.24. The van der Waals surface area contributed by atoms with Gasteiger partial charge in [-0.2, -0.15) is 5.10 Å². The summed E-state index contributed by atoms with van der Waals surface area (Å²) in [6, 6.07) is 10.9. The van der Waals surface area contributed by atoms with E-state index in [2.05, 4.69) is 10.4 Å². The number of fused-ring (bicyclic) bond motifs is 3. The van der Waals surface area contributed by atoms with Crippen LogP contribution in [0.2, 0.25) is 0 Å². The molecule has 2 aliphatic rings. The number of carbonyl (C=O) groups is 1. The van der Waals surface area contributed by atoms with Gasteiger partial charge in [0.05, 0.1) is 12.8 Å². The molecule has 0 radical (unpaired) electrons. The molecule has 1 fully saturated rings. The molecule has 5 rings (SSSR count). The third-order valence-corrected chi connectivity index (χ3v) is 5.75. The molecule has 0 bridgehead atoms. The lowest BCUT2D eigenvalue weighted by atomic mass is 10.1. The molecule has 3 aromatic rings. The Bertz CT molecular complexity index is 1130. The van der Waals surface area contributed by atoms with Gasteiger partial charge in [-0.15, -0.1) is 0 Å². The second-order valence-corrected chi connectivity index (χ2v) is 7.52. The quantitative estimate of drug-likeness (QED) is 0.716. The van der Waals surface area contributed by atoms with Gasteiger partial charge in [-0.25, -0.2) is 13.5 Å². The Morgan fingerprint density at radius 1 is 1.28 bits per heavy atom. The van der Waals surface area contributed by atoms with Crippen LogP contribution in [0.15, 0.2) is 42.5 Å². The number of hydrogen-bond acceptors (Lipinski definition) is 3. The molecule has 1 amide bonds. The van der Waals surface area contributed by atoms with E-state index in [-0.39, 0.29) is 17.5 Å². The van der Waals surface area contributed by atoms with Crippen molar-refractivity contribution in [2.45, 2.75) is 25.3 Å². The second kappa shape index (κ2) is 6.69. The maximum absolute atomic E-state index is 14.4. The first-order valence-corrected chi connectivity index (χ1v) is 9.54. The lowest BCUT2D eigenvalue weighted by Gasteiger charge is -2.09. The van der Waals surface area contributed by atoms with E-state index in [0.29, 0.717) is 23.9 Å². The van der Waals surface area contributed by atoms with Crippen LogP contribution < -0.4 is 10.1 Å². The van der Waals surface area contributed by atoms with Crippen molar-refractivity contribution >= 4 is 5.91 Å². The largest absolute Gasteiger partial charge is 0.496 e. The number of benzene rings is 2. The molecule has 1 N–H and O–H groups in total. The average Bonchev–Trinajstić information content (AvgIpc) is 3.22. The summed E-state index contributed by atoms with van der Waals surface area (Å²) in [6.07, 6.45) is 1.78. The summed E-state index contributed by atoms with van der Waals surface area (Å²) in [6.45, 7) is 0.294. The molecule has 1 aromatic heterocycles. The lowest BCUT2D eigenvalue weighted by Crippen LogP contribution is -2.24. The van der Waals surface area contributed by atoms with E-state index in [9.17, 15) is 13.6 Å². The number of para-hydroxylation sites is 1. The van der Waals surface area contributed by atoms with Crippen LogP contribution in [0.4, 0.5) is 8.78 Å². The maximum atomic E-state index is 14.4. The number of nitrogens with one attached hydrogen (secondary N) is 1. The van der Waals surface area contributed by atoms with Gasteiger partial charge in [-0.3, -0.25) is 4.79 Å². The van der Waals surface area contributed by atoms with E-state index < -0.39 is 11.6 Å². The van der Waals surface area contributed by atoms with Crippen molar-refractivity contribution in [2.24, 2.45) is 5.92 Å². The van der Waals surface area contributed by atoms with Crippen molar-refractivity contribution in [3.05, 3.63) is 76.6 Å². The zero-order chi connectivity index (χ0) is 20.1. The highest BCUT2D eigenvalue weighted by molar-refractivity contribution is 5.94. The lowest BCUT2D eigenvalue weighted by molar-refractivity contribution is 0.0944. The van der Waals surface area contributed by atoms with Gasteiger partial charge in [-0.05, 0) is 37.0 Å². The number of methoxy groups -OCH3 is 1. The predicted octanol–water partition coefficient (Wildman–Crippen LogP) is 3.75. The minimum atomic E-state index is -0.694. The number of halogens is 2. The first kappa shape index (κ1) is 17.8. The summed E-state index contributed by atoms with van der Waals surface area (Å²) in [5.74, 6) is -0.182. The predicted molar refractivity (Wildman–Crippen MR) is 102 cm³/mol. The molecule has 29 heavy (non-hydrogen) atoms. The first-order chi connectivity index (χ1) is 14.1. The van der Waals surface area contributed by atoms with Crippen molar-refractivity contribution in [2.75, 3.05) is 7.11 Å². The number of hydrogen-bond donors (Lipinski definition) is 1. The third kappa shape index (κ3) is 2.97. The summed E-state index contributed by atoms with van der Waals surface area (Å²) < 4.78 is 34.5. The van der Waals surface area contributed by atoms with Crippen molar-refractivity contribution in [3.63, 3.8) is 0 Å². The summed E-state index contributed by atoms with van der Waals surface area (Å²) in [7, 11) is 1.58. The van der Waals surface area contributed by atoms with E-state index in [0.717, 1.165) is 35.7 Å². The number of aromatic nitrogens is 2. The summed E-state index contributed by atoms with van der Waals surface area (Å²) in [4.78, 5) is 12.9. The van der Waals surface area contributed by atoms with Gasteiger partial charge >= 0.3 is 0 Å². The number of rotatable bonds is 5. The minimum Gasteiger partial charge on any atom is -0.496 e. The van der Waals surface area contributed by atoms with Crippen molar-refractivity contribution in [1.29, 1.82) is 0 Å². The van der Waals surface area contributed by atoms with Gasteiger partial charge in [0.1, 0.15) is 17.3 Å². The van der Waals surface area contributed by atoms with Crippen LogP contribution in [0, 0.1) is 17.6 Å². The SMILES string of the molecule is COc1ccccc1CNC(=O)c1nn(-c2ccc(F)cc2F)c2c1C[C@H]1C[C@@H]21. The van der Waals surface area contributed by atoms with Crippen LogP contribution >= 0.6 is 0 Å². The average molecular weight is 395 g/mol. The smallest absolute Gasteiger partial charge is 0.272 e. The van der Waals surface area contributed by atoms with Gasteiger partial charge in [-0.1, -0.05) is 18.2 Å². The molecule has 2 atom stereocenters. The van der Waals surface area contributed by atoms with E-state index in [1.807, 2.05) is 24.3 Å². The monoisotopic (exact) mass is 395 g/mol. The summed E-state index contributed by atoms with van der Waals surface area (Å²) >= 11 is 0. The molecule has 0 unspecified atom stereocenters. The zero-order valence-corrected chi connectivity index (χ0v) is 15.8. The number of carbonyl (C=O) groups excluding carboxylic acids is 1. The molecule has 0 spiro atoms. The highest BCUT2D eigenvalue weighted by atomic mass is 19.1. The Morgan fingerprint density at radius 3 is 2.90 bits per heavy atom. The molecule has 148 valence electrons. The Balaban J connectivity index is 1.47. The Hall–Kier alpha value is -3.22. The molecule has 0 saturated heterocycles. The van der Waals surface area contributed by atoms with Crippen LogP contribution in [-0.2, 0) is 13.0 Å². The summed E-state index contributed by atoms with van der Waals surface area (Å²) in [5.41, 5.74) is 3.08. The van der Waals surface area contributed by atoms with Crippen molar-refractivity contribution < 1.29 is 18.3 Å². The van der Waals surface area contributed by atoms with E-state index in [1.54, 1.807) is 7.11 Å². The molecular formula is C22H19F2N3O2. The van der Waals surface area contributed by atoms with Gasteiger partial charge in [0.2, 0.25) is 0 Å². The highest BCUT2D eigenvalue weighted by Crippen LogP contribution is 2.57. The van der Waals surface area contributed by atoms with Crippen LogP contribution in [0.3, 0.4) is 0 Å². The molecule has 2 aliphatic carbocycles. The number of ether oxygens (including phenoxy) is 1. The molecule has 1 saturated carbocycles. The van der Waals surface area contributed by atoms with Crippen LogP contribution in [0.25, 0.3) is 5.69 Å². The fourth-order valence-electron chi connectivity index (χ4n) is 4.24. The minimum absolute atomic E-state index is 0.166. The third-order valence-electron chi connectivity index (χ3n) is 5.75. The molecule has 2 aromatic carbocycles. The number of amides is 1. The highest BCUT2D eigenvalue weighted by Gasteiger charge is 2.50. The Labute approximate surface area is 166 Å². The standard InChI is InChI=1S/C22H19F2N3O2/c1-29-19-5-3-2-4-12(19)11-25-22(28)20-16-9-13-8-15(13)21(16)27(26-20)18-7-6-14(23)10-17(18)24/h2-7,10,13,15H,8-9,11H2,1H3,(H,25,28)/t13-,15-/m1/s1. The molecule has 7 heteroatoms. The second-order valence-electron chi connectivity index (χ2n) is 7.52. The molecule has 5 nitrogen and oxygen atoms in total. The Morgan fingerprint density at radius 2 is 2.10 bits per heavy atom. The van der Waals surface area contributed by atoms with Crippen molar-refractivity contribution in [1.82, 2.24) is 15.1 Å². The molecule has 0 aliphatic heterocycles.